The van der Waals surface area contributed by atoms with Crippen LogP contribution in [0.1, 0.15) is 32.6 Å². The van der Waals surface area contributed by atoms with E-state index in [1.807, 2.05) is 4.90 Å². The highest BCUT2D eigenvalue weighted by Gasteiger charge is 2.55. The molecule has 90 valence electrons. The summed E-state index contributed by atoms with van der Waals surface area (Å²) in [6.07, 6.45) is 4.72. The van der Waals surface area contributed by atoms with Crippen LogP contribution in [0.3, 0.4) is 0 Å². The molecular formula is C12H21N3O. The van der Waals surface area contributed by atoms with Crippen LogP contribution in [0.2, 0.25) is 0 Å². The first-order valence-corrected chi connectivity index (χ1v) is 6.50. The van der Waals surface area contributed by atoms with Crippen LogP contribution in [0, 0.1) is 0 Å². The van der Waals surface area contributed by atoms with Crippen LogP contribution in [0.25, 0.3) is 0 Å². The van der Waals surface area contributed by atoms with Gasteiger partial charge in [-0.15, -0.1) is 0 Å². The van der Waals surface area contributed by atoms with E-state index in [4.69, 9.17) is 0 Å². The fourth-order valence-corrected chi connectivity index (χ4v) is 2.98. The van der Waals surface area contributed by atoms with Crippen molar-refractivity contribution in [2.75, 3.05) is 26.3 Å². The molecule has 2 heterocycles. The van der Waals surface area contributed by atoms with Gasteiger partial charge in [-0.25, -0.2) is 0 Å². The lowest BCUT2D eigenvalue weighted by Crippen LogP contribution is -2.42. The van der Waals surface area contributed by atoms with Crippen molar-refractivity contribution in [3.05, 3.63) is 0 Å². The molecule has 2 saturated heterocycles. The zero-order valence-electron chi connectivity index (χ0n) is 10.0. The third-order valence-corrected chi connectivity index (χ3v) is 4.30. The normalized spacial score (nSPS) is 30.3. The molecule has 4 heteroatoms. The molecule has 3 fully saturated rings. The Morgan fingerprint density at radius 1 is 1.38 bits per heavy atom. The number of hydrogen-bond donors (Lipinski definition) is 1. The van der Waals surface area contributed by atoms with Crippen molar-refractivity contribution in [1.82, 2.24) is 15.1 Å². The molecule has 16 heavy (non-hydrogen) atoms. The second kappa shape index (κ2) is 3.70. The van der Waals surface area contributed by atoms with E-state index >= 15 is 0 Å². The number of carbonyl (C=O) groups is 1. The predicted molar refractivity (Wildman–Crippen MR) is 61.9 cm³/mol. The Hall–Kier alpha value is -0.610. The Labute approximate surface area is 97.0 Å². The Morgan fingerprint density at radius 2 is 2.06 bits per heavy atom. The molecule has 1 aliphatic carbocycles. The van der Waals surface area contributed by atoms with Gasteiger partial charge in [0.05, 0.1) is 12.2 Å². The van der Waals surface area contributed by atoms with Crippen LogP contribution < -0.4 is 5.32 Å². The number of likely N-dealkylation sites (tertiary alicyclic amines) is 1. The second-order valence-corrected chi connectivity index (χ2v) is 5.54. The van der Waals surface area contributed by atoms with E-state index in [0.717, 1.165) is 26.1 Å². The Kier molecular flexibility index (Phi) is 2.44. The second-order valence-electron chi connectivity index (χ2n) is 5.54. The number of hydrogen-bond acceptors (Lipinski definition) is 3. The van der Waals surface area contributed by atoms with E-state index in [9.17, 15) is 4.79 Å². The van der Waals surface area contributed by atoms with E-state index in [0.29, 0.717) is 11.9 Å². The van der Waals surface area contributed by atoms with Gasteiger partial charge in [-0.05, 0) is 45.7 Å². The van der Waals surface area contributed by atoms with Crippen molar-refractivity contribution in [1.29, 1.82) is 0 Å². The molecular weight excluding hydrogens is 202 g/mol. The minimum atomic E-state index is -0.120. The highest BCUT2D eigenvalue weighted by molar-refractivity contribution is 5.91. The van der Waals surface area contributed by atoms with Gasteiger partial charge < -0.3 is 4.90 Å². The molecule has 0 bridgehead atoms. The lowest BCUT2D eigenvalue weighted by molar-refractivity contribution is -0.130. The van der Waals surface area contributed by atoms with Gasteiger partial charge in [-0.1, -0.05) is 0 Å². The molecule has 0 aromatic carbocycles. The molecule has 3 aliphatic rings. The molecule has 2 aliphatic heterocycles. The summed E-state index contributed by atoms with van der Waals surface area (Å²) in [4.78, 5) is 16.6. The molecule has 1 atom stereocenters. The van der Waals surface area contributed by atoms with E-state index < -0.39 is 0 Å². The van der Waals surface area contributed by atoms with Gasteiger partial charge in [0.15, 0.2) is 0 Å². The summed E-state index contributed by atoms with van der Waals surface area (Å²) in [5.74, 6) is 0.346. The SMILES string of the molecule is CC(CN1CNC2(CC2)C1=O)N1CCCC1. The van der Waals surface area contributed by atoms with Gasteiger partial charge in [0, 0.05) is 12.6 Å². The fourth-order valence-electron chi connectivity index (χ4n) is 2.98. The van der Waals surface area contributed by atoms with Crippen molar-refractivity contribution in [2.24, 2.45) is 0 Å². The Morgan fingerprint density at radius 3 is 2.62 bits per heavy atom. The van der Waals surface area contributed by atoms with Gasteiger partial charge in [-0.3, -0.25) is 15.0 Å². The number of amides is 1. The summed E-state index contributed by atoms with van der Waals surface area (Å²) in [5, 5.41) is 3.36. The number of nitrogens with zero attached hydrogens (tertiary/aromatic N) is 2. The molecule has 1 amide bonds. The monoisotopic (exact) mass is 223 g/mol. The zero-order valence-corrected chi connectivity index (χ0v) is 10.0. The molecule has 0 aromatic rings. The summed E-state index contributed by atoms with van der Waals surface area (Å²) < 4.78 is 0. The minimum Gasteiger partial charge on any atom is -0.327 e. The van der Waals surface area contributed by atoms with Crippen molar-refractivity contribution in [3.8, 4) is 0 Å². The highest BCUT2D eigenvalue weighted by Crippen LogP contribution is 2.40. The molecule has 0 radical (unpaired) electrons. The van der Waals surface area contributed by atoms with E-state index in [1.54, 1.807) is 0 Å². The molecule has 4 nitrogen and oxygen atoms in total. The molecule has 3 rings (SSSR count). The fraction of sp³-hybridized carbons (Fsp3) is 0.917. The highest BCUT2D eigenvalue weighted by atomic mass is 16.2. The maximum atomic E-state index is 12.1. The molecule has 0 aromatic heterocycles. The van der Waals surface area contributed by atoms with E-state index in [2.05, 4.69) is 17.1 Å². The van der Waals surface area contributed by atoms with Crippen LogP contribution in [0.5, 0.6) is 0 Å². The van der Waals surface area contributed by atoms with Crippen LogP contribution in [0.4, 0.5) is 0 Å². The molecule has 1 unspecified atom stereocenters. The van der Waals surface area contributed by atoms with Gasteiger partial charge >= 0.3 is 0 Å². The van der Waals surface area contributed by atoms with Crippen molar-refractivity contribution >= 4 is 5.91 Å². The quantitative estimate of drug-likeness (QED) is 0.752. The van der Waals surface area contributed by atoms with Crippen LogP contribution >= 0.6 is 0 Å². The minimum absolute atomic E-state index is 0.120. The summed E-state index contributed by atoms with van der Waals surface area (Å²) >= 11 is 0. The van der Waals surface area contributed by atoms with E-state index in [-0.39, 0.29) is 5.54 Å². The standard InChI is InChI=1S/C12H21N3O/c1-10(14-6-2-3-7-14)8-15-9-13-12(4-5-12)11(15)16/h10,13H,2-9H2,1H3. The maximum absolute atomic E-state index is 12.1. The lowest BCUT2D eigenvalue weighted by Gasteiger charge is -2.28. The summed E-state index contributed by atoms with van der Waals surface area (Å²) in [5.41, 5.74) is -0.120. The van der Waals surface area contributed by atoms with E-state index in [1.165, 1.54) is 25.9 Å². The third-order valence-electron chi connectivity index (χ3n) is 4.30. The number of carbonyl (C=O) groups excluding carboxylic acids is 1. The van der Waals surface area contributed by atoms with Gasteiger partial charge in [0.1, 0.15) is 0 Å². The summed E-state index contributed by atoms with van der Waals surface area (Å²) in [6, 6.07) is 0.516. The average Bonchev–Trinajstić information content (AvgIpc) is 2.73. The van der Waals surface area contributed by atoms with Crippen LogP contribution in [-0.4, -0.2) is 53.6 Å². The van der Waals surface area contributed by atoms with Crippen molar-refractivity contribution in [3.63, 3.8) is 0 Å². The first-order chi connectivity index (χ1) is 7.71. The van der Waals surface area contributed by atoms with Gasteiger partial charge in [0.2, 0.25) is 5.91 Å². The maximum Gasteiger partial charge on any atom is 0.244 e. The molecule has 1 saturated carbocycles. The first kappa shape index (κ1) is 10.5. The van der Waals surface area contributed by atoms with Crippen molar-refractivity contribution < 1.29 is 4.79 Å². The topological polar surface area (TPSA) is 35.6 Å². The molecule has 1 spiro atoms. The number of nitrogens with one attached hydrogen (secondary N) is 1. The third kappa shape index (κ3) is 1.64. The van der Waals surface area contributed by atoms with Crippen molar-refractivity contribution in [2.45, 2.75) is 44.2 Å². The lowest BCUT2D eigenvalue weighted by atomic mass is 10.2. The van der Waals surface area contributed by atoms with Gasteiger partial charge in [0.25, 0.3) is 0 Å². The number of rotatable bonds is 3. The van der Waals surface area contributed by atoms with Crippen LogP contribution in [0.15, 0.2) is 0 Å². The smallest absolute Gasteiger partial charge is 0.244 e. The Bertz CT molecular complexity index is 295. The summed E-state index contributed by atoms with van der Waals surface area (Å²) in [7, 11) is 0. The Balaban J connectivity index is 1.56. The van der Waals surface area contributed by atoms with Gasteiger partial charge in [-0.2, -0.15) is 0 Å². The molecule has 1 N–H and O–H groups in total. The zero-order chi connectivity index (χ0) is 11.2. The van der Waals surface area contributed by atoms with Crippen LogP contribution in [-0.2, 0) is 4.79 Å². The predicted octanol–water partition coefficient (Wildman–Crippen LogP) is 0.393. The summed E-state index contributed by atoms with van der Waals surface area (Å²) in [6.45, 7) is 6.32. The largest absolute Gasteiger partial charge is 0.327 e. The average molecular weight is 223 g/mol. The first-order valence-electron chi connectivity index (χ1n) is 6.50.